The van der Waals surface area contributed by atoms with Crippen molar-refractivity contribution in [3.05, 3.63) is 221 Å². The summed E-state index contributed by atoms with van der Waals surface area (Å²) in [5.41, 5.74) is 10.5. The van der Waals surface area contributed by atoms with Gasteiger partial charge in [-0.15, -0.1) is 0 Å². The summed E-state index contributed by atoms with van der Waals surface area (Å²) in [5.74, 6) is 0. The van der Waals surface area contributed by atoms with Gasteiger partial charge in [0.15, 0.2) is 0 Å². The van der Waals surface area contributed by atoms with Crippen molar-refractivity contribution < 1.29 is 73.4 Å². The molecule has 65 heavy (non-hydrogen) atoms. The molecule has 12 aromatic heterocycles. The van der Waals surface area contributed by atoms with E-state index in [4.69, 9.17) is 53.0 Å². The van der Waals surface area contributed by atoms with Crippen LogP contribution in [0.2, 0.25) is 0 Å². The predicted molar refractivity (Wildman–Crippen MR) is 248 cm³/mol. The summed E-state index contributed by atoms with van der Waals surface area (Å²) in [5, 5.41) is 0. The van der Waals surface area contributed by atoms with E-state index < -0.39 is 31.7 Å². The summed E-state index contributed by atoms with van der Waals surface area (Å²) < 4.78 is 65.4. The first-order chi connectivity index (χ1) is 31.8. The Balaban J connectivity index is 0.000000118. The number of furan rings is 12. The van der Waals surface area contributed by atoms with Gasteiger partial charge in [0.05, 0.1) is 75.2 Å². The first-order valence-corrected chi connectivity index (χ1v) is 24.8. The van der Waals surface area contributed by atoms with E-state index >= 15 is 0 Å². The summed E-state index contributed by atoms with van der Waals surface area (Å²) in [6, 6.07) is 45.8. The molecule has 0 spiro atoms. The van der Waals surface area contributed by atoms with Gasteiger partial charge >= 0.3 is 0 Å². The van der Waals surface area contributed by atoms with Gasteiger partial charge in [0.25, 0.3) is 0 Å². The smallest absolute Gasteiger partial charge is 0.140 e. The monoisotopic (exact) mass is 1030 g/mol. The standard InChI is InChI=1S/4C12H9O3P.Pd/c4*1-4-10(13-7-1)16(11-5-2-8-14-11)12-6-3-9-15-12;/h4*1-9H;. The fourth-order valence-corrected chi connectivity index (χ4v) is 13.5. The second-order valence-corrected chi connectivity index (χ2v) is 20.7. The zero-order valence-corrected chi connectivity index (χ0v) is 38.9. The molecule has 0 saturated heterocycles. The Hall–Kier alpha value is -6.26. The van der Waals surface area contributed by atoms with Crippen molar-refractivity contribution in [1.29, 1.82) is 0 Å². The van der Waals surface area contributed by atoms with Crippen molar-refractivity contribution in [2.24, 2.45) is 0 Å². The zero-order chi connectivity index (χ0) is 43.2. The number of hydrogen-bond acceptors (Lipinski definition) is 12. The predicted octanol–water partition coefficient (Wildman–Crippen LogP) is 8.89. The average Bonchev–Trinajstić information content (AvgIpc) is 4.17. The van der Waals surface area contributed by atoms with Gasteiger partial charge in [-0.3, -0.25) is 0 Å². The Morgan fingerprint density at radius 1 is 0.169 bits per heavy atom. The summed E-state index contributed by atoms with van der Waals surface area (Å²) in [7, 11) is -3.34. The molecule has 12 rings (SSSR count). The third-order valence-electron chi connectivity index (χ3n) is 8.72. The molecule has 0 amide bonds. The summed E-state index contributed by atoms with van der Waals surface area (Å²) >= 11 is 0. The summed E-state index contributed by atoms with van der Waals surface area (Å²) in [6.07, 6.45) is 20.0. The minimum absolute atomic E-state index is 0. The Morgan fingerprint density at radius 2 is 0.262 bits per heavy atom. The van der Waals surface area contributed by atoms with Crippen LogP contribution in [0.5, 0.6) is 0 Å². The molecule has 0 radical (unpaired) electrons. The largest absolute Gasteiger partial charge is 0.464 e. The fraction of sp³-hybridized carbons (Fsp3) is 0. The van der Waals surface area contributed by atoms with Gasteiger partial charge in [0.1, 0.15) is 97.7 Å². The van der Waals surface area contributed by atoms with Crippen LogP contribution in [-0.4, -0.2) is 0 Å². The van der Waals surface area contributed by atoms with Gasteiger partial charge < -0.3 is 53.0 Å². The van der Waals surface area contributed by atoms with Gasteiger partial charge in [-0.05, 0) is 146 Å². The van der Waals surface area contributed by atoms with Crippen LogP contribution in [0, 0.1) is 0 Å². The first kappa shape index (κ1) is 45.3. The molecular formula is C48H36O12P4Pd. The minimum Gasteiger partial charge on any atom is -0.464 e. The van der Waals surface area contributed by atoms with Crippen LogP contribution in [0.4, 0.5) is 0 Å². The minimum atomic E-state index is -0.835. The molecule has 12 aromatic rings. The summed E-state index contributed by atoms with van der Waals surface area (Å²) in [4.78, 5) is 0. The molecular weight excluding hydrogens is 999 g/mol. The van der Waals surface area contributed by atoms with Crippen LogP contribution in [-0.2, 0) is 20.4 Å². The molecule has 0 N–H and O–H groups in total. The Morgan fingerprint density at radius 3 is 0.323 bits per heavy atom. The van der Waals surface area contributed by atoms with Crippen LogP contribution in [0.25, 0.3) is 0 Å². The van der Waals surface area contributed by atoms with E-state index in [1.807, 2.05) is 146 Å². The maximum absolute atomic E-state index is 5.45. The number of rotatable bonds is 12. The van der Waals surface area contributed by atoms with Crippen molar-refractivity contribution in [3.63, 3.8) is 0 Å². The van der Waals surface area contributed by atoms with Crippen LogP contribution in [0.15, 0.2) is 274 Å². The van der Waals surface area contributed by atoms with E-state index in [9.17, 15) is 0 Å². The molecule has 0 fully saturated rings. The maximum Gasteiger partial charge on any atom is 0.140 e. The Bertz CT molecular complexity index is 2180. The molecule has 0 unspecified atom stereocenters. The molecule has 0 aliphatic rings. The molecule has 17 heteroatoms. The van der Waals surface area contributed by atoms with E-state index in [1.165, 1.54) is 0 Å². The zero-order valence-electron chi connectivity index (χ0n) is 33.8. The van der Waals surface area contributed by atoms with Gasteiger partial charge in [-0.2, -0.15) is 0 Å². The van der Waals surface area contributed by atoms with Crippen molar-refractivity contribution in [3.8, 4) is 0 Å². The topological polar surface area (TPSA) is 158 Å². The average molecular weight is 1040 g/mol. The fourth-order valence-electron chi connectivity index (χ4n) is 6.07. The maximum atomic E-state index is 5.45. The van der Waals surface area contributed by atoms with E-state index in [-0.39, 0.29) is 20.4 Å². The molecule has 0 aliphatic heterocycles. The van der Waals surface area contributed by atoms with Crippen molar-refractivity contribution in [1.82, 2.24) is 0 Å². The normalized spacial score (nSPS) is 10.9. The van der Waals surface area contributed by atoms with Crippen LogP contribution < -0.4 is 66.0 Å². The third-order valence-corrected chi connectivity index (χ3v) is 17.1. The van der Waals surface area contributed by atoms with Crippen molar-refractivity contribution in [2.45, 2.75) is 0 Å². The van der Waals surface area contributed by atoms with Crippen LogP contribution in [0.3, 0.4) is 0 Å². The van der Waals surface area contributed by atoms with Crippen molar-refractivity contribution >= 4 is 97.7 Å². The van der Waals surface area contributed by atoms with E-state index in [0.29, 0.717) is 0 Å². The molecule has 0 saturated carbocycles. The van der Waals surface area contributed by atoms with Crippen LogP contribution >= 0.6 is 31.7 Å². The van der Waals surface area contributed by atoms with Gasteiger partial charge in [0.2, 0.25) is 0 Å². The van der Waals surface area contributed by atoms with E-state index in [0.717, 1.165) is 66.0 Å². The third kappa shape index (κ3) is 11.3. The second-order valence-electron chi connectivity index (χ2n) is 12.8. The van der Waals surface area contributed by atoms with Gasteiger partial charge in [-0.1, -0.05) is 0 Å². The molecule has 0 aliphatic carbocycles. The Labute approximate surface area is 389 Å². The second kappa shape index (κ2) is 23.1. The van der Waals surface area contributed by atoms with Gasteiger partial charge in [-0.25, -0.2) is 0 Å². The van der Waals surface area contributed by atoms with Crippen molar-refractivity contribution in [2.75, 3.05) is 0 Å². The van der Waals surface area contributed by atoms with E-state index in [1.54, 1.807) is 75.2 Å². The number of hydrogen-bond donors (Lipinski definition) is 0. The molecule has 330 valence electrons. The molecule has 12 nitrogen and oxygen atoms in total. The first-order valence-electron chi connectivity index (χ1n) is 19.4. The molecule has 0 aromatic carbocycles. The quantitative estimate of drug-likeness (QED) is 0.0847. The van der Waals surface area contributed by atoms with Gasteiger partial charge in [0, 0.05) is 20.4 Å². The Kier molecular flexibility index (Phi) is 16.1. The molecule has 12 heterocycles. The summed E-state index contributed by atoms with van der Waals surface area (Å²) in [6.45, 7) is 0. The molecule has 0 atom stereocenters. The van der Waals surface area contributed by atoms with Crippen LogP contribution in [0.1, 0.15) is 0 Å². The SMILES string of the molecule is [Pd].c1coc(P(c2ccco2)c2ccco2)c1.c1coc(P(c2ccco2)c2ccco2)c1.c1coc(P(c2ccco2)c2ccco2)c1.c1coc(P(c2ccco2)c2ccco2)c1. The molecule has 0 bridgehead atoms. The van der Waals surface area contributed by atoms with E-state index in [2.05, 4.69) is 0 Å².